The molecule has 0 spiro atoms. The van der Waals surface area contributed by atoms with Crippen molar-refractivity contribution in [2.75, 3.05) is 20.1 Å². The van der Waals surface area contributed by atoms with Crippen LogP contribution in [0.5, 0.6) is 17.2 Å². The molecule has 0 atom stereocenters. The molecule has 0 aromatic heterocycles. The Morgan fingerprint density at radius 1 is 1.15 bits per heavy atom. The van der Waals surface area contributed by atoms with Gasteiger partial charge in [-0.05, 0) is 62.9 Å². The molecule has 174 valence electrons. The van der Waals surface area contributed by atoms with E-state index in [4.69, 9.17) is 26.8 Å². The summed E-state index contributed by atoms with van der Waals surface area (Å²) in [5.41, 5.74) is 6.50. The van der Waals surface area contributed by atoms with E-state index in [0.717, 1.165) is 19.5 Å². The smallest absolute Gasteiger partial charge is 0.279 e. The van der Waals surface area contributed by atoms with Crippen LogP contribution in [0.15, 0.2) is 53.7 Å². The summed E-state index contributed by atoms with van der Waals surface area (Å²) in [5, 5.41) is 3.06. The lowest BCUT2D eigenvalue weighted by molar-refractivity contribution is 0.0651. The molecule has 0 aliphatic carbocycles. The minimum Gasteiger partial charge on any atom is -0.491 e. The Labute approximate surface area is 198 Å². The molecule has 2 amide bonds. The predicted molar refractivity (Wildman–Crippen MR) is 128 cm³/mol. The van der Waals surface area contributed by atoms with Gasteiger partial charge in [0.05, 0.1) is 11.1 Å². The van der Waals surface area contributed by atoms with E-state index in [2.05, 4.69) is 10.3 Å². The molecule has 2 aromatic rings. The summed E-state index contributed by atoms with van der Waals surface area (Å²) in [6.45, 7) is 5.26. The largest absolute Gasteiger partial charge is 0.491 e. The van der Waals surface area contributed by atoms with Crippen molar-refractivity contribution in [3.05, 3.63) is 64.8 Å². The highest BCUT2D eigenvalue weighted by molar-refractivity contribution is 6.32. The fourth-order valence-electron chi connectivity index (χ4n) is 3.03. The van der Waals surface area contributed by atoms with E-state index in [0.29, 0.717) is 22.8 Å². The quantitative estimate of drug-likeness (QED) is 0.446. The summed E-state index contributed by atoms with van der Waals surface area (Å²) in [6.07, 6.45) is 3.94. The fourth-order valence-corrected chi connectivity index (χ4v) is 3.25. The Morgan fingerprint density at radius 3 is 2.48 bits per heavy atom. The van der Waals surface area contributed by atoms with Crippen LogP contribution in [0.25, 0.3) is 0 Å². The van der Waals surface area contributed by atoms with Gasteiger partial charge in [-0.2, -0.15) is 4.99 Å². The number of nitrogens with one attached hydrogen (secondary N) is 1. The van der Waals surface area contributed by atoms with Crippen LogP contribution in [0.4, 0.5) is 0 Å². The average Bonchev–Trinajstić information content (AvgIpc) is 2.71. The van der Waals surface area contributed by atoms with Gasteiger partial charge < -0.3 is 25.4 Å². The molecule has 9 heteroatoms. The van der Waals surface area contributed by atoms with Crippen LogP contribution in [0.1, 0.15) is 41.0 Å². The van der Waals surface area contributed by atoms with Gasteiger partial charge in [0, 0.05) is 37.3 Å². The third-order valence-electron chi connectivity index (χ3n) is 4.70. The fraction of sp³-hybridized carbons (Fsp3) is 0.292. The van der Waals surface area contributed by atoms with Gasteiger partial charge in [-0.25, -0.2) is 0 Å². The molecule has 1 saturated heterocycles. The van der Waals surface area contributed by atoms with Crippen molar-refractivity contribution >= 4 is 29.3 Å². The molecular formula is C24H27ClN4O4. The number of aliphatic imine (C=N–C) groups is 1. The zero-order chi connectivity index (χ0) is 24.0. The number of nitrogens with two attached hydrogens (primary N) is 1. The molecule has 1 heterocycles. The summed E-state index contributed by atoms with van der Waals surface area (Å²) in [4.78, 5) is 30.7. The number of likely N-dealkylation sites (tertiary alicyclic amines) is 1. The average molecular weight is 471 g/mol. The lowest BCUT2D eigenvalue weighted by Crippen LogP contribution is -2.41. The normalized spacial score (nSPS) is 13.7. The first-order valence-electron chi connectivity index (χ1n) is 10.6. The zero-order valence-corrected chi connectivity index (χ0v) is 19.6. The number of rotatable bonds is 8. The third-order valence-corrected chi connectivity index (χ3v) is 5.00. The highest BCUT2D eigenvalue weighted by Crippen LogP contribution is 2.33. The van der Waals surface area contributed by atoms with Crippen LogP contribution in [0, 0.1) is 0 Å². The van der Waals surface area contributed by atoms with Crippen LogP contribution >= 0.6 is 11.6 Å². The number of amidine groups is 1. The number of hydrogen-bond donors (Lipinski definition) is 2. The lowest BCUT2D eigenvalue weighted by Gasteiger charge is -2.31. The second-order valence-electron chi connectivity index (χ2n) is 7.72. The number of amides is 2. The molecule has 0 bridgehead atoms. The van der Waals surface area contributed by atoms with E-state index >= 15 is 0 Å². The Balaban J connectivity index is 1.87. The SMILES string of the molecule is CN/C=C\C(N)=NC(=O)c1cc(Oc2ccc(C(=O)N3CCC3)cc2Cl)cc(OC(C)C)c1. The Morgan fingerprint density at radius 2 is 1.88 bits per heavy atom. The number of nitrogens with zero attached hydrogens (tertiary/aromatic N) is 2. The van der Waals surface area contributed by atoms with E-state index in [1.165, 1.54) is 12.1 Å². The molecular weight excluding hydrogens is 444 g/mol. The van der Waals surface area contributed by atoms with Crippen LogP contribution < -0.4 is 20.5 Å². The monoisotopic (exact) mass is 470 g/mol. The van der Waals surface area contributed by atoms with Gasteiger partial charge in [-0.3, -0.25) is 9.59 Å². The molecule has 2 aromatic carbocycles. The van der Waals surface area contributed by atoms with Gasteiger partial charge in [0.2, 0.25) is 0 Å². The van der Waals surface area contributed by atoms with Crippen LogP contribution in [0.2, 0.25) is 5.02 Å². The second kappa shape index (κ2) is 10.9. The minimum atomic E-state index is -0.547. The third kappa shape index (κ3) is 6.49. The maximum atomic E-state index is 12.6. The van der Waals surface area contributed by atoms with Gasteiger partial charge in [-0.15, -0.1) is 0 Å². The molecule has 0 radical (unpaired) electrons. The van der Waals surface area contributed by atoms with Crippen LogP contribution in [-0.4, -0.2) is 48.8 Å². The molecule has 1 aliphatic heterocycles. The maximum Gasteiger partial charge on any atom is 0.279 e. The summed E-state index contributed by atoms with van der Waals surface area (Å²) < 4.78 is 11.7. The van der Waals surface area contributed by atoms with Crippen LogP contribution in [-0.2, 0) is 0 Å². The molecule has 0 saturated carbocycles. The highest BCUT2D eigenvalue weighted by atomic mass is 35.5. The molecule has 8 nitrogen and oxygen atoms in total. The number of hydrogen-bond acceptors (Lipinski definition) is 5. The molecule has 0 unspecified atom stereocenters. The van der Waals surface area contributed by atoms with Gasteiger partial charge in [0.25, 0.3) is 11.8 Å². The number of carbonyl (C=O) groups excluding carboxylic acids is 2. The van der Waals surface area contributed by atoms with Crippen molar-refractivity contribution in [2.45, 2.75) is 26.4 Å². The van der Waals surface area contributed by atoms with Crippen LogP contribution in [0.3, 0.4) is 0 Å². The van der Waals surface area contributed by atoms with E-state index < -0.39 is 5.91 Å². The Kier molecular flexibility index (Phi) is 7.95. The molecule has 1 fully saturated rings. The number of benzene rings is 2. The summed E-state index contributed by atoms with van der Waals surface area (Å²) in [5.74, 6) is 0.562. The Hall–Kier alpha value is -3.52. The van der Waals surface area contributed by atoms with Gasteiger partial charge in [0.15, 0.2) is 0 Å². The van der Waals surface area contributed by atoms with Crippen molar-refractivity contribution in [3.8, 4) is 17.2 Å². The molecule has 3 rings (SSSR count). The summed E-state index contributed by atoms with van der Waals surface area (Å²) >= 11 is 6.39. The number of halogens is 1. The van der Waals surface area contributed by atoms with Gasteiger partial charge in [0.1, 0.15) is 23.1 Å². The Bertz CT molecular complexity index is 1090. The number of carbonyl (C=O) groups is 2. The first-order chi connectivity index (χ1) is 15.8. The molecule has 3 N–H and O–H groups in total. The highest BCUT2D eigenvalue weighted by Gasteiger charge is 2.22. The molecule has 33 heavy (non-hydrogen) atoms. The summed E-state index contributed by atoms with van der Waals surface area (Å²) in [7, 11) is 1.71. The van der Waals surface area contributed by atoms with Crippen molar-refractivity contribution in [3.63, 3.8) is 0 Å². The van der Waals surface area contributed by atoms with Crippen molar-refractivity contribution in [1.82, 2.24) is 10.2 Å². The number of ether oxygens (including phenoxy) is 2. The first kappa shape index (κ1) is 24.1. The van der Waals surface area contributed by atoms with Crippen molar-refractivity contribution in [1.29, 1.82) is 0 Å². The van der Waals surface area contributed by atoms with E-state index in [-0.39, 0.29) is 28.4 Å². The maximum absolute atomic E-state index is 12.6. The first-order valence-corrected chi connectivity index (χ1v) is 11.0. The van der Waals surface area contributed by atoms with Gasteiger partial charge in [-0.1, -0.05) is 11.6 Å². The summed E-state index contributed by atoms with van der Waals surface area (Å²) in [6, 6.07) is 9.64. The van der Waals surface area contributed by atoms with E-state index in [9.17, 15) is 9.59 Å². The minimum absolute atomic E-state index is 0.0532. The van der Waals surface area contributed by atoms with Gasteiger partial charge >= 0.3 is 0 Å². The second-order valence-corrected chi connectivity index (χ2v) is 8.12. The zero-order valence-electron chi connectivity index (χ0n) is 18.8. The standard InChI is InChI=1S/C24H27ClN4O4/c1-15(2)32-18-11-17(23(30)28-22(26)7-8-27-3)12-19(14-18)33-21-6-5-16(13-20(21)25)24(31)29-9-4-10-29/h5-8,11-15,27H,4,9-10H2,1-3H3,(H2,26,28,30)/b8-7-. The van der Waals surface area contributed by atoms with E-state index in [1.54, 1.807) is 48.5 Å². The predicted octanol–water partition coefficient (Wildman–Crippen LogP) is 4.00. The molecule has 1 aliphatic rings. The topological polar surface area (TPSA) is 106 Å². The van der Waals surface area contributed by atoms with Crippen molar-refractivity contribution < 1.29 is 19.1 Å². The van der Waals surface area contributed by atoms with E-state index in [1.807, 2.05) is 13.8 Å². The lowest BCUT2D eigenvalue weighted by atomic mass is 10.1. The van der Waals surface area contributed by atoms with Crippen molar-refractivity contribution in [2.24, 2.45) is 10.7 Å².